The topological polar surface area (TPSA) is 77.6 Å². The van der Waals surface area contributed by atoms with Gasteiger partial charge in [0.1, 0.15) is 18.1 Å². The maximum Gasteiger partial charge on any atom is 0.276 e. The lowest BCUT2D eigenvalue weighted by molar-refractivity contribution is 0.126. The van der Waals surface area contributed by atoms with Gasteiger partial charge in [0.05, 0.1) is 13.2 Å². The molecular weight excluding hydrogens is 364 g/mol. The Morgan fingerprint density at radius 3 is 2.41 bits per heavy atom. The Balaban J connectivity index is 1.50. The summed E-state index contributed by atoms with van der Waals surface area (Å²) >= 11 is 1.30. The number of thioether (sulfide) groups is 1. The molecule has 0 saturated carbocycles. The number of hydrogen-bond acceptors (Lipinski definition) is 7. The van der Waals surface area contributed by atoms with E-state index < -0.39 is 6.10 Å². The van der Waals surface area contributed by atoms with E-state index in [2.05, 4.69) is 16.3 Å². The number of methoxy groups -OCH3 is 1. The Bertz CT molecular complexity index is 860. The van der Waals surface area contributed by atoms with E-state index in [0.29, 0.717) is 16.9 Å². The molecule has 0 aliphatic heterocycles. The molecule has 0 aliphatic rings. The number of aliphatic hydroxyl groups is 1. The van der Waals surface area contributed by atoms with E-state index >= 15 is 0 Å². The molecule has 1 N–H and O–H groups in total. The highest BCUT2D eigenvalue weighted by atomic mass is 32.2. The average molecular weight is 386 g/mol. The molecule has 7 heteroatoms. The highest BCUT2D eigenvalue weighted by molar-refractivity contribution is 7.99. The first-order valence-electron chi connectivity index (χ1n) is 8.53. The third-order valence-electron chi connectivity index (χ3n) is 3.78. The van der Waals surface area contributed by atoms with Gasteiger partial charge in [0, 0.05) is 11.3 Å². The monoisotopic (exact) mass is 386 g/mol. The molecule has 1 heterocycles. The zero-order valence-electron chi connectivity index (χ0n) is 15.5. The van der Waals surface area contributed by atoms with Crippen LogP contribution in [0.3, 0.4) is 0 Å². The largest absolute Gasteiger partial charge is 0.497 e. The van der Waals surface area contributed by atoms with Crippen LogP contribution in [0, 0.1) is 13.8 Å². The van der Waals surface area contributed by atoms with E-state index in [1.165, 1.54) is 11.8 Å². The van der Waals surface area contributed by atoms with Crippen LogP contribution in [-0.4, -0.2) is 40.9 Å². The van der Waals surface area contributed by atoms with Crippen molar-refractivity contribution in [2.75, 3.05) is 19.5 Å². The molecule has 3 rings (SSSR count). The average Bonchev–Trinajstić information content (AvgIpc) is 3.13. The molecule has 0 unspecified atom stereocenters. The van der Waals surface area contributed by atoms with E-state index in [9.17, 15) is 5.11 Å². The van der Waals surface area contributed by atoms with Crippen LogP contribution < -0.4 is 9.47 Å². The standard InChI is InChI=1S/C20H22N2O4S/c1-13-8-14(2)10-18(9-13)25-11-16(23)12-27-20-22-21-19(26-20)15-4-6-17(24-3)7-5-15/h4-10,16,23H,11-12H2,1-3H3/t16-/m1/s1. The number of nitrogens with zero attached hydrogens (tertiary/aromatic N) is 2. The number of aromatic nitrogens is 2. The highest BCUT2D eigenvalue weighted by Crippen LogP contribution is 2.25. The fourth-order valence-electron chi connectivity index (χ4n) is 2.54. The minimum atomic E-state index is -0.646. The van der Waals surface area contributed by atoms with E-state index in [4.69, 9.17) is 13.9 Å². The van der Waals surface area contributed by atoms with Crippen LogP contribution in [0.25, 0.3) is 11.5 Å². The summed E-state index contributed by atoms with van der Waals surface area (Å²) < 4.78 is 16.4. The molecule has 2 aromatic carbocycles. The molecular formula is C20H22N2O4S. The normalized spacial score (nSPS) is 12.0. The van der Waals surface area contributed by atoms with Crippen molar-refractivity contribution in [1.29, 1.82) is 0 Å². The summed E-state index contributed by atoms with van der Waals surface area (Å²) in [6.07, 6.45) is -0.646. The van der Waals surface area contributed by atoms with Gasteiger partial charge in [-0.1, -0.05) is 17.8 Å². The van der Waals surface area contributed by atoms with Crippen molar-refractivity contribution in [1.82, 2.24) is 10.2 Å². The van der Waals surface area contributed by atoms with Gasteiger partial charge in [-0.05, 0) is 61.4 Å². The summed E-state index contributed by atoms with van der Waals surface area (Å²) in [5.41, 5.74) is 3.07. The minimum absolute atomic E-state index is 0.204. The molecule has 0 fully saturated rings. The predicted octanol–water partition coefficient (Wildman–Crippen LogP) is 3.89. The van der Waals surface area contributed by atoms with Gasteiger partial charge >= 0.3 is 0 Å². The highest BCUT2D eigenvalue weighted by Gasteiger charge is 2.13. The molecule has 0 bridgehead atoms. The lowest BCUT2D eigenvalue weighted by atomic mass is 10.1. The Labute approximate surface area is 162 Å². The lowest BCUT2D eigenvalue weighted by Crippen LogP contribution is -2.20. The molecule has 6 nitrogen and oxygen atoms in total. The third kappa shape index (κ3) is 5.48. The minimum Gasteiger partial charge on any atom is -0.497 e. The Kier molecular flexibility index (Phi) is 6.36. The van der Waals surface area contributed by atoms with Crippen LogP contribution in [0.2, 0.25) is 0 Å². The molecule has 0 aliphatic carbocycles. The van der Waals surface area contributed by atoms with Crippen LogP contribution in [0.4, 0.5) is 0 Å². The molecule has 3 aromatic rings. The number of benzene rings is 2. The zero-order chi connectivity index (χ0) is 19.2. The molecule has 142 valence electrons. The van der Waals surface area contributed by atoms with Crippen molar-refractivity contribution >= 4 is 11.8 Å². The van der Waals surface area contributed by atoms with E-state index in [-0.39, 0.29) is 6.61 Å². The summed E-state index contributed by atoms with van der Waals surface area (Å²) in [7, 11) is 1.62. The number of hydrogen-bond donors (Lipinski definition) is 1. The molecule has 0 spiro atoms. The summed E-state index contributed by atoms with van der Waals surface area (Å²) in [5, 5.41) is 18.6. The van der Waals surface area contributed by atoms with Crippen LogP contribution in [0.1, 0.15) is 11.1 Å². The fourth-order valence-corrected chi connectivity index (χ4v) is 3.21. The van der Waals surface area contributed by atoms with Crippen molar-refractivity contribution in [3.05, 3.63) is 53.6 Å². The van der Waals surface area contributed by atoms with Crippen LogP contribution >= 0.6 is 11.8 Å². The van der Waals surface area contributed by atoms with Gasteiger partial charge in [-0.25, -0.2) is 0 Å². The quantitative estimate of drug-likeness (QED) is 0.588. The number of ether oxygens (including phenoxy) is 2. The second kappa shape index (κ2) is 8.92. The molecule has 0 amide bonds. The van der Waals surface area contributed by atoms with Gasteiger partial charge in [-0.3, -0.25) is 0 Å². The van der Waals surface area contributed by atoms with Crippen LogP contribution in [-0.2, 0) is 0 Å². The molecule has 1 atom stereocenters. The molecule has 0 radical (unpaired) electrons. The summed E-state index contributed by atoms with van der Waals surface area (Å²) in [5.74, 6) is 2.35. The number of rotatable bonds is 8. The van der Waals surface area contributed by atoms with Gasteiger partial charge in [0.25, 0.3) is 5.22 Å². The predicted molar refractivity (Wildman–Crippen MR) is 104 cm³/mol. The SMILES string of the molecule is COc1ccc(-c2nnc(SC[C@H](O)COc3cc(C)cc(C)c3)o2)cc1. The summed E-state index contributed by atoms with van der Waals surface area (Å²) in [4.78, 5) is 0. The van der Waals surface area contributed by atoms with E-state index in [0.717, 1.165) is 28.2 Å². The third-order valence-corrected chi connectivity index (χ3v) is 4.74. The Morgan fingerprint density at radius 1 is 1.04 bits per heavy atom. The first kappa shape index (κ1) is 19.3. The smallest absolute Gasteiger partial charge is 0.276 e. The molecule has 1 aromatic heterocycles. The molecule has 0 saturated heterocycles. The number of aryl methyl sites for hydroxylation is 2. The Morgan fingerprint density at radius 2 is 1.74 bits per heavy atom. The van der Waals surface area contributed by atoms with Crippen molar-refractivity contribution < 1.29 is 19.0 Å². The van der Waals surface area contributed by atoms with Gasteiger partial charge < -0.3 is 19.0 Å². The first-order valence-corrected chi connectivity index (χ1v) is 9.52. The summed E-state index contributed by atoms with van der Waals surface area (Å²) in [6.45, 7) is 4.24. The van der Waals surface area contributed by atoms with E-state index in [1.54, 1.807) is 7.11 Å². The second-order valence-electron chi connectivity index (χ2n) is 6.20. The number of aliphatic hydroxyl groups excluding tert-OH is 1. The van der Waals surface area contributed by atoms with Crippen molar-refractivity contribution in [3.63, 3.8) is 0 Å². The van der Waals surface area contributed by atoms with Gasteiger partial charge in [0.15, 0.2) is 0 Å². The fraction of sp³-hybridized carbons (Fsp3) is 0.300. The lowest BCUT2D eigenvalue weighted by Gasteiger charge is -2.12. The van der Waals surface area contributed by atoms with Crippen molar-refractivity contribution in [2.24, 2.45) is 0 Å². The van der Waals surface area contributed by atoms with E-state index in [1.807, 2.05) is 50.2 Å². The van der Waals surface area contributed by atoms with Crippen LogP contribution in [0.5, 0.6) is 11.5 Å². The van der Waals surface area contributed by atoms with Gasteiger partial charge in [-0.15, -0.1) is 10.2 Å². The van der Waals surface area contributed by atoms with Crippen molar-refractivity contribution in [3.8, 4) is 23.0 Å². The maximum absolute atomic E-state index is 10.1. The first-order chi connectivity index (χ1) is 13.0. The van der Waals surface area contributed by atoms with Gasteiger partial charge in [0.2, 0.25) is 5.89 Å². The molecule has 27 heavy (non-hydrogen) atoms. The van der Waals surface area contributed by atoms with Crippen molar-refractivity contribution in [2.45, 2.75) is 25.2 Å². The van der Waals surface area contributed by atoms with Gasteiger partial charge in [-0.2, -0.15) is 0 Å². The summed E-state index contributed by atoms with van der Waals surface area (Å²) in [6, 6.07) is 13.4. The maximum atomic E-state index is 10.1. The zero-order valence-corrected chi connectivity index (χ0v) is 16.3. The Hall–Kier alpha value is -2.51. The van der Waals surface area contributed by atoms with Crippen LogP contribution in [0.15, 0.2) is 52.1 Å². The second-order valence-corrected chi connectivity index (χ2v) is 7.17.